The van der Waals surface area contributed by atoms with E-state index in [4.69, 9.17) is 13.6 Å². The molecule has 4 aromatic rings. The highest BCUT2D eigenvalue weighted by atomic mass is 32.2. The lowest BCUT2D eigenvalue weighted by atomic mass is 10.2. The van der Waals surface area contributed by atoms with Gasteiger partial charge in [0.05, 0.1) is 12.0 Å². The van der Waals surface area contributed by atoms with E-state index in [-0.39, 0.29) is 22.4 Å². The van der Waals surface area contributed by atoms with E-state index in [0.717, 1.165) is 11.6 Å². The van der Waals surface area contributed by atoms with Crippen LogP contribution in [0.3, 0.4) is 0 Å². The van der Waals surface area contributed by atoms with Crippen LogP contribution >= 0.6 is 0 Å². The number of nitrogens with zero attached hydrogens (tertiary/aromatic N) is 2. The number of anilines is 1. The number of para-hydroxylation sites is 1. The molecule has 10 heteroatoms. The largest absolute Gasteiger partial charge is 0.493 e. The topological polar surface area (TPSA) is 125 Å². The molecule has 2 heterocycles. The van der Waals surface area contributed by atoms with Crippen molar-refractivity contribution in [3.05, 3.63) is 54.1 Å². The second kappa shape index (κ2) is 7.06. The number of aromatic nitrogens is 2. The predicted octanol–water partition coefficient (Wildman–Crippen LogP) is 3.15. The first-order valence-corrected chi connectivity index (χ1v) is 10.3. The van der Waals surface area contributed by atoms with Gasteiger partial charge in [0.15, 0.2) is 26.9 Å². The van der Waals surface area contributed by atoms with Crippen molar-refractivity contribution in [1.82, 2.24) is 10.2 Å². The molecule has 29 heavy (non-hydrogen) atoms. The summed E-state index contributed by atoms with van der Waals surface area (Å²) in [6.07, 6.45) is 1.09. The second-order valence-electron chi connectivity index (χ2n) is 6.15. The van der Waals surface area contributed by atoms with Crippen molar-refractivity contribution < 1.29 is 26.8 Å². The summed E-state index contributed by atoms with van der Waals surface area (Å²) in [7, 11) is -1.80. The molecule has 0 aliphatic heterocycles. The Morgan fingerprint density at radius 3 is 2.52 bits per heavy atom. The molecule has 0 unspecified atom stereocenters. The molecule has 0 spiro atoms. The number of nitrogens with one attached hydrogen (secondary N) is 1. The fraction of sp³-hybridized carbons (Fsp3) is 0.105. The van der Waals surface area contributed by atoms with Crippen molar-refractivity contribution in [1.29, 1.82) is 0 Å². The number of methoxy groups -OCH3 is 1. The van der Waals surface area contributed by atoms with Crippen LogP contribution < -0.4 is 10.1 Å². The van der Waals surface area contributed by atoms with Crippen LogP contribution in [-0.4, -0.2) is 37.9 Å². The van der Waals surface area contributed by atoms with Gasteiger partial charge < -0.3 is 13.6 Å². The molecule has 4 rings (SSSR count). The van der Waals surface area contributed by atoms with Crippen molar-refractivity contribution in [2.75, 3.05) is 18.7 Å². The zero-order chi connectivity index (χ0) is 20.6. The Kier molecular flexibility index (Phi) is 4.55. The molecule has 148 valence electrons. The van der Waals surface area contributed by atoms with Gasteiger partial charge in [-0.25, -0.2) is 8.42 Å². The van der Waals surface area contributed by atoms with E-state index in [2.05, 4.69) is 15.5 Å². The highest BCUT2D eigenvalue weighted by molar-refractivity contribution is 7.90. The molecule has 0 atom stereocenters. The van der Waals surface area contributed by atoms with Gasteiger partial charge in [-0.05, 0) is 36.4 Å². The maximum absolute atomic E-state index is 12.3. The third-order valence-corrected chi connectivity index (χ3v) is 5.26. The quantitative estimate of drug-likeness (QED) is 0.529. The van der Waals surface area contributed by atoms with E-state index in [1.165, 1.54) is 24.3 Å². The third-order valence-electron chi connectivity index (χ3n) is 4.13. The van der Waals surface area contributed by atoms with Gasteiger partial charge in [-0.3, -0.25) is 10.1 Å². The summed E-state index contributed by atoms with van der Waals surface area (Å²) in [5, 5.41) is 10.9. The van der Waals surface area contributed by atoms with Crippen LogP contribution in [0.5, 0.6) is 5.75 Å². The molecule has 0 radical (unpaired) electrons. The zero-order valence-corrected chi connectivity index (χ0v) is 16.2. The van der Waals surface area contributed by atoms with Crippen molar-refractivity contribution in [2.24, 2.45) is 0 Å². The maximum atomic E-state index is 12.3. The minimum absolute atomic E-state index is 0.0889. The van der Waals surface area contributed by atoms with E-state index < -0.39 is 15.7 Å². The normalized spacial score (nSPS) is 11.5. The van der Waals surface area contributed by atoms with Crippen LogP contribution in [-0.2, 0) is 9.84 Å². The summed E-state index contributed by atoms with van der Waals surface area (Å²) in [5.74, 6) is 0.465. The highest BCUT2D eigenvalue weighted by Gasteiger charge is 2.17. The summed E-state index contributed by atoms with van der Waals surface area (Å²) in [6.45, 7) is 0. The number of amides is 1. The molecule has 0 bridgehead atoms. The van der Waals surface area contributed by atoms with E-state index >= 15 is 0 Å². The van der Waals surface area contributed by atoms with Crippen molar-refractivity contribution in [2.45, 2.75) is 4.90 Å². The summed E-state index contributed by atoms with van der Waals surface area (Å²) in [6, 6.07) is 12.5. The molecule has 2 aromatic heterocycles. The summed E-state index contributed by atoms with van der Waals surface area (Å²) < 4.78 is 39.4. The number of benzene rings is 2. The Labute approximate surface area is 165 Å². The van der Waals surface area contributed by atoms with Crippen LogP contribution in [0.2, 0.25) is 0 Å². The number of fused-ring (bicyclic) bond motifs is 1. The molecule has 9 nitrogen and oxygen atoms in total. The van der Waals surface area contributed by atoms with Gasteiger partial charge >= 0.3 is 6.01 Å². The van der Waals surface area contributed by atoms with Crippen molar-refractivity contribution in [3.63, 3.8) is 0 Å². The molecular formula is C19H15N3O6S. The van der Waals surface area contributed by atoms with Crippen molar-refractivity contribution in [3.8, 4) is 17.4 Å². The monoisotopic (exact) mass is 413 g/mol. The third kappa shape index (κ3) is 3.69. The Morgan fingerprint density at radius 1 is 1.07 bits per heavy atom. The standard InChI is InChI=1S/C19H15N3O6S/c1-26-14-5-3-4-12-10-15(27-16(12)14)18-21-22-19(28-18)20-17(23)11-6-8-13(9-7-11)29(2,24)25/h3-10H,1-2H3,(H,20,22,23). The number of hydrogen-bond acceptors (Lipinski definition) is 8. The van der Waals surface area contributed by atoms with E-state index in [1.54, 1.807) is 19.2 Å². The molecule has 0 fully saturated rings. The zero-order valence-electron chi connectivity index (χ0n) is 15.4. The first-order valence-electron chi connectivity index (χ1n) is 8.37. The van der Waals surface area contributed by atoms with Gasteiger partial charge in [-0.15, -0.1) is 5.10 Å². The molecule has 2 aromatic carbocycles. The fourth-order valence-electron chi connectivity index (χ4n) is 2.70. The molecular weight excluding hydrogens is 398 g/mol. The molecule has 1 amide bonds. The lowest BCUT2D eigenvalue weighted by molar-refractivity contribution is 0.102. The number of ether oxygens (including phenoxy) is 1. The lowest BCUT2D eigenvalue weighted by Gasteiger charge is -2.02. The minimum atomic E-state index is -3.34. The first kappa shape index (κ1) is 18.7. The van der Waals surface area contributed by atoms with E-state index in [9.17, 15) is 13.2 Å². The number of furan rings is 1. The second-order valence-corrected chi connectivity index (χ2v) is 8.17. The van der Waals surface area contributed by atoms with Gasteiger partial charge in [0.2, 0.25) is 0 Å². The molecule has 0 saturated carbocycles. The van der Waals surface area contributed by atoms with Gasteiger partial charge in [0, 0.05) is 17.2 Å². The van der Waals surface area contributed by atoms with E-state index in [0.29, 0.717) is 17.1 Å². The predicted molar refractivity (Wildman–Crippen MR) is 104 cm³/mol. The SMILES string of the molecule is COc1cccc2cc(-c3nnc(NC(=O)c4ccc(S(C)(=O)=O)cc4)o3)oc12. The Morgan fingerprint density at radius 2 is 1.83 bits per heavy atom. The average Bonchev–Trinajstić information content (AvgIpc) is 3.33. The lowest BCUT2D eigenvalue weighted by Crippen LogP contribution is -2.12. The highest BCUT2D eigenvalue weighted by Crippen LogP contribution is 2.33. The molecule has 0 aliphatic rings. The first-order chi connectivity index (χ1) is 13.8. The summed E-state index contributed by atoms with van der Waals surface area (Å²) in [4.78, 5) is 12.4. The Hall–Kier alpha value is -3.66. The van der Waals surface area contributed by atoms with E-state index in [1.807, 2.05) is 12.1 Å². The van der Waals surface area contributed by atoms with Gasteiger partial charge in [0.25, 0.3) is 11.8 Å². The Balaban J connectivity index is 1.54. The molecule has 0 aliphatic carbocycles. The molecule has 1 N–H and O–H groups in total. The summed E-state index contributed by atoms with van der Waals surface area (Å²) in [5.41, 5.74) is 0.783. The Bertz CT molecular complexity index is 1310. The van der Waals surface area contributed by atoms with Crippen molar-refractivity contribution >= 4 is 32.7 Å². The number of sulfone groups is 1. The van der Waals surface area contributed by atoms with Crippen LogP contribution in [0, 0.1) is 0 Å². The number of carbonyl (C=O) groups excluding carboxylic acids is 1. The maximum Gasteiger partial charge on any atom is 0.322 e. The van der Waals surface area contributed by atoms with Gasteiger partial charge in [-0.1, -0.05) is 17.2 Å². The molecule has 0 saturated heterocycles. The smallest absolute Gasteiger partial charge is 0.322 e. The van der Waals surface area contributed by atoms with Crippen LogP contribution in [0.25, 0.3) is 22.6 Å². The fourth-order valence-corrected chi connectivity index (χ4v) is 3.33. The van der Waals surface area contributed by atoms with Crippen LogP contribution in [0.1, 0.15) is 10.4 Å². The average molecular weight is 413 g/mol. The van der Waals surface area contributed by atoms with Crippen LogP contribution in [0.15, 0.2) is 62.3 Å². The number of rotatable bonds is 5. The number of carbonyl (C=O) groups is 1. The number of hydrogen-bond donors (Lipinski definition) is 1. The minimum Gasteiger partial charge on any atom is -0.493 e. The van der Waals surface area contributed by atoms with Crippen LogP contribution in [0.4, 0.5) is 6.01 Å². The summed E-state index contributed by atoms with van der Waals surface area (Å²) >= 11 is 0. The van der Waals surface area contributed by atoms with Gasteiger partial charge in [-0.2, -0.15) is 0 Å². The van der Waals surface area contributed by atoms with Gasteiger partial charge in [0.1, 0.15) is 0 Å².